The number of nitrogens with one attached hydrogen (secondary N) is 1. The summed E-state index contributed by atoms with van der Waals surface area (Å²) in [6.07, 6.45) is 4.47. The molecule has 0 aliphatic heterocycles. The van der Waals surface area contributed by atoms with Gasteiger partial charge in [-0.3, -0.25) is 4.79 Å². The predicted octanol–water partition coefficient (Wildman–Crippen LogP) is 3.90. The summed E-state index contributed by atoms with van der Waals surface area (Å²) in [5, 5.41) is 11.7. The van der Waals surface area contributed by atoms with E-state index in [1.54, 1.807) is 30.3 Å². The van der Waals surface area contributed by atoms with Gasteiger partial charge in [0.25, 0.3) is 5.91 Å². The third-order valence-electron chi connectivity index (χ3n) is 4.80. The number of hydrogen-bond acceptors (Lipinski definition) is 4. The quantitative estimate of drug-likeness (QED) is 0.611. The molecule has 1 amide bonds. The minimum absolute atomic E-state index is 0.347. The molecule has 1 atom stereocenters. The molecule has 1 fully saturated rings. The lowest BCUT2D eigenvalue weighted by Gasteiger charge is -2.13. The number of anilines is 1. The zero-order valence-electron chi connectivity index (χ0n) is 16.2. The van der Waals surface area contributed by atoms with Crippen LogP contribution in [0.3, 0.4) is 0 Å². The molecule has 1 saturated carbocycles. The van der Waals surface area contributed by atoms with Gasteiger partial charge in [-0.05, 0) is 63.5 Å². The van der Waals surface area contributed by atoms with Crippen LogP contribution in [0.2, 0.25) is 0 Å². The Kier molecular flexibility index (Phi) is 5.65. The van der Waals surface area contributed by atoms with Gasteiger partial charge in [-0.1, -0.05) is 12.1 Å². The number of amides is 1. The Morgan fingerprint density at radius 2 is 2.04 bits per heavy atom. The number of carbonyl (C=O) groups is 2. The van der Waals surface area contributed by atoms with Crippen LogP contribution in [0.25, 0.3) is 6.08 Å². The minimum Gasteiger partial charge on any atom is -0.449 e. The number of esters is 1. The van der Waals surface area contributed by atoms with Crippen LogP contribution in [0.15, 0.2) is 36.4 Å². The van der Waals surface area contributed by atoms with Crippen molar-refractivity contribution in [2.75, 3.05) is 5.32 Å². The van der Waals surface area contributed by atoms with Crippen LogP contribution in [-0.2, 0) is 14.3 Å². The van der Waals surface area contributed by atoms with Gasteiger partial charge in [0.05, 0.1) is 11.3 Å². The third kappa shape index (κ3) is 4.32. The fraction of sp³-hybridized carbons (Fsp3) is 0.318. The zero-order valence-corrected chi connectivity index (χ0v) is 16.2. The van der Waals surface area contributed by atoms with Crippen molar-refractivity contribution >= 4 is 23.6 Å². The smallest absolute Gasteiger partial charge is 0.331 e. The molecule has 1 aliphatic rings. The van der Waals surface area contributed by atoms with E-state index in [1.807, 2.05) is 19.1 Å². The molecule has 0 bridgehead atoms. The van der Waals surface area contributed by atoms with Gasteiger partial charge in [-0.15, -0.1) is 0 Å². The maximum absolute atomic E-state index is 12.2. The summed E-state index contributed by atoms with van der Waals surface area (Å²) >= 11 is 0. The number of ether oxygens (including phenoxy) is 1. The molecule has 144 valence electrons. The molecule has 0 spiro atoms. The van der Waals surface area contributed by atoms with Crippen LogP contribution in [0.4, 0.5) is 5.69 Å². The molecule has 1 heterocycles. The van der Waals surface area contributed by atoms with Crippen LogP contribution < -0.4 is 5.32 Å². The first kappa shape index (κ1) is 19.4. The molecular formula is C22H23N3O3. The second kappa shape index (κ2) is 8.13. The Labute approximate surface area is 164 Å². The first-order valence-corrected chi connectivity index (χ1v) is 9.28. The molecular weight excluding hydrogens is 354 g/mol. The van der Waals surface area contributed by atoms with Crippen LogP contribution >= 0.6 is 0 Å². The SMILES string of the molecule is Cc1cc(/C=C/C(=O)O[C@@H](C)C(=O)Nc2ccccc2C#N)c(C)n1C1CC1. The Morgan fingerprint density at radius 1 is 1.32 bits per heavy atom. The molecule has 2 aromatic rings. The molecule has 3 rings (SSSR count). The predicted molar refractivity (Wildman–Crippen MR) is 107 cm³/mol. The first-order valence-electron chi connectivity index (χ1n) is 9.28. The van der Waals surface area contributed by atoms with Crippen molar-refractivity contribution in [1.82, 2.24) is 4.57 Å². The van der Waals surface area contributed by atoms with Crippen molar-refractivity contribution in [2.45, 2.75) is 45.8 Å². The minimum atomic E-state index is -0.984. The first-order chi connectivity index (χ1) is 13.4. The number of rotatable bonds is 6. The van der Waals surface area contributed by atoms with E-state index in [0.717, 1.165) is 11.3 Å². The van der Waals surface area contributed by atoms with Crippen molar-refractivity contribution in [3.8, 4) is 6.07 Å². The van der Waals surface area contributed by atoms with Crippen molar-refractivity contribution in [1.29, 1.82) is 5.26 Å². The topological polar surface area (TPSA) is 84.1 Å². The Hall–Kier alpha value is -3.33. The maximum atomic E-state index is 12.2. The van der Waals surface area contributed by atoms with Gasteiger partial charge in [-0.2, -0.15) is 5.26 Å². The summed E-state index contributed by atoms with van der Waals surface area (Å²) in [6, 6.07) is 11.3. The van der Waals surface area contributed by atoms with Crippen LogP contribution in [-0.4, -0.2) is 22.5 Å². The van der Waals surface area contributed by atoms with E-state index in [-0.39, 0.29) is 0 Å². The Morgan fingerprint density at radius 3 is 2.71 bits per heavy atom. The normalized spacial score (nSPS) is 14.5. The number of benzene rings is 1. The van der Waals surface area contributed by atoms with E-state index in [9.17, 15) is 9.59 Å². The standard InChI is InChI=1S/C22H23N3O3/c1-14-12-17(15(2)25(14)19-9-10-19)8-11-21(26)28-16(3)22(27)24-20-7-5-4-6-18(20)13-23/h4-8,11-12,16,19H,9-10H2,1-3H3,(H,24,27)/b11-8+/t16-/m0/s1. The number of carbonyl (C=O) groups excluding carboxylic acids is 2. The molecule has 6 nitrogen and oxygen atoms in total. The van der Waals surface area contributed by atoms with Gasteiger partial charge in [0.15, 0.2) is 6.10 Å². The number of nitrogens with zero attached hydrogens (tertiary/aromatic N) is 2. The highest BCUT2D eigenvalue weighted by Crippen LogP contribution is 2.38. The van der Waals surface area contributed by atoms with Gasteiger partial charge >= 0.3 is 5.97 Å². The van der Waals surface area contributed by atoms with E-state index in [0.29, 0.717) is 17.3 Å². The largest absolute Gasteiger partial charge is 0.449 e. The second-order valence-electron chi connectivity index (χ2n) is 6.99. The van der Waals surface area contributed by atoms with Crippen LogP contribution in [0.1, 0.15) is 48.3 Å². The summed E-state index contributed by atoms with van der Waals surface area (Å²) in [6.45, 7) is 5.60. The van der Waals surface area contributed by atoms with E-state index >= 15 is 0 Å². The molecule has 0 saturated heterocycles. The molecule has 1 aliphatic carbocycles. The number of nitriles is 1. The molecule has 0 radical (unpaired) electrons. The van der Waals surface area contributed by atoms with Gasteiger partial charge in [0, 0.05) is 23.5 Å². The lowest BCUT2D eigenvalue weighted by Crippen LogP contribution is -2.29. The third-order valence-corrected chi connectivity index (χ3v) is 4.80. The molecule has 28 heavy (non-hydrogen) atoms. The number of para-hydroxylation sites is 1. The second-order valence-corrected chi connectivity index (χ2v) is 6.99. The van der Waals surface area contributed by atoms with Gasteiger partial charge in [0.2, 0.25) is 0 Å². The highest BCUT2D eigenvalue weighted by Gasteiger charge is 2.26. The zero-order chi connectivity index (χ0) is 20.3. The summed E-state index contributed by atoms with van der Waals surface area (Å²) in [4.78, 5) is 24.4. The van der Waals surface area contributed by atoms with E-state index in [1.165, 1.54) is 31.5 Å². The fourth-order valence-corrected chi connectivity index (χ4v) is 3.21. The van der Waals surface area contributed by atoms with Crippen molar-refractivity contribution in [3.63, 3.8) is 0 Å². The molecule has 1 N–H and O–H groups in total. The number of hydrogen-bond donors (Lipinski definition) is 1. The van der Waals surface area contributed by atoms with Crippen molar-refractivity contribution in [2.24, 2.45) is 0 Å². The average molecular weight is 377 g/mol. The summed E-state index contributed by atoms with van der Waals surface area (Å²) in [5.41, 5.74) is 4.02. The maximum Gasteiger partial charge on any atom is 0.331 e. The lowest BCUT2D eigenvalue weighted by atomic mass is 10.2. The summed E-state index contributed by atoms with van der Waals surface area (Å²) in [5.74, 6) is -1.08. The van der Waals surface area contributed by atoms with Gasteiger partial charge in [0.1, 0.15) is 6.07 Å². The number of aryl methyl sites for hydroxylation is 1. The van der Waals surface area contributed by atoms with E-state index in [2.05, 4.69) is 16.8 Å². The Balaban J connectivity index is 1.60. The fourth-order valence-electron chi connectivity index (χ4n) is 3.21. The van der Waals surface area contributed by atoms with Crippen molar-refractivity contribution < 1.29 is 14.3 Å². The Bertz CT molecular complexity index is 977. The van der Waals surface area contributed by atoms with Gasteiger partial charge < -0.3 is 14.6 Å². The highest BCUT2D eigenvalue weighted by atomic mass is 16.5. The van der Waals surface area contributed by atoms with Crippen LogP contribution in [0.5, 0.6) is 0 Å². The number of aromatic nitrogens is 1. The summed E-state index contributed by atoms with van der Waals surface area (Å²) in [7, 11) is 0. The monoisotopic (exact) mass is 377 g/mol. The molecule has 1 aromatic carbocycles. The van der Waals surface area contributed by atoms with Gasteiger partial charge in [-0.25, -0.2) is 4.79 Å². The molecule has 1 aromatic heterocycles. The van der Waals surface area contributed by atoms with Crippen LogP contribution in [0, 0.1) is 25.2 Å². The average Bonchev–Trinajstić information content (AvgIpc) is 3.46. The lowest BCUT2D eigenvalue weighted by molar-refractivity contribution is -0.148. The highest BCUT2D eigenvalue weighted by molar-refractivity contribution is 5.97. The molecule has 0 unspecified atom stereocenters. The summed E-state index contributed by atoms with van der Waals surface area (Å²) < 4.78 is 7.49. The molecule has 6 heteroatoms. The van der Waals surface area contributed by atoms with Crippen molar-refractivity contribution in [3.05, 3.63) is 58.9 Å². The van der Waals surface area contributed by atoms with E-state index < -0.39 is 18.0 Å². The van der Waals surface area contributed by atoms with E-state index in [4.69, 9.17) is 10.00 Å².